The van der Waals surface area contributed by atoms with E-state index in [1.54, 1.807) is 12.4 Å². The quantitative estimate of drug-likeness (QED) is 0.905. The summed E-state index contributed by atoms with van der Waals surface area (Å²) in [4.78, 5) is 18.6. The molecule has 7 nitrogen and oxygen atoms in total. The predicted octanol–water partition coefficient (Wildman–Crippen LogP) is 2.30. The minimum atomic E-state index is -0.902. The molecule has 1 fully saturated rings. The molecule has 0 atom stereocenters. The number of carboxylic acids is 1. The van der Waals surface area contributed by atoms with E-state index in [2.05, 4.69) is 16.8 Å². The average molecular weight is 357 g/mol. The van der Waals surface area contributed by atoms with Gasteiger partial charge in [-0.05, 0) is 49.9 Å². The fourth-order valence-electron chi connectivity index (χ4n) is 3.97. The summed E-state index contributed by atoms with van der Waals surface area (Å²) in [6, 6.07) is 4.05. The van der Waals surface area contributed by atoms with Gasteiger partial charge in [-0.3, -0.25) is 4.90 Å². The van der Waals surface area contributed by atoms with E-state index in [4.69, 9.17) is 9.47 Å². The lowest BCUT2D eigenvalue weighted by Crippen LogP contribution is -2.51. The summed E-state index contributed by atoms with van der Waals surface area (Å²) in [6.45, 7) is 6.41. The van der Waals surface area contributed by atoms with Crippen LogP contribution in [0.1, 0.15) is 29.8 Å². The molecular formula is C19H23N3O4. The summed E-state index contributed by atoms with van der Waals surface area (Å²) < 4.78 is 12.7. The summed E-state index contributed by atoms with van der Waals surface area (Å²) in [5.74, 6) is 1.55. The molecule has 0 spiro atoms. The number of piperidine rings is 1. The van der Waals surface area contributed by atoms with Crippen molar-refractivity contribution in [3.63, 3.8) is 0 Å². The van der Waals surface area contributed by atoms with E-state index in [9.17, 15) is 9.90 Å². The third-order valence-corrected chi connectivity index (χ3v) is 5.59. The van der Waals surface area contributed by atoms with Crippen molar-refractivity contribution in [1.82, 2.24) is 14.5 Å². The molecule has 2 aliphatic rings. The summed E-state index contributed by atoms with van der Waals surface area (Å²) in [7, 11) is 0. The van der Waals surface area contributed by atoms with Gasteiger partial charge in [-0.2, -0.15) is 0 Å². The highest BCUT2D eigenvalue weighted by molar-refractivity contribution is 5.77. The van der Waals surface area contributed by atoms with Gasteiger partial charge >= 0.3 is 5.97 Å². The molecule has 1 aromatic heterocycles. The van der Waals surface area contributed by atoms with Gasteiger partial charge in [0, 0.05) is 32.0 Å². The van der Waals surface area contributed by atoms with Gasteiger partial charge in [0.15, 0.2) is 11.5 Å². The maximum Gasteiger partial charge on any atom is 0.330 e. The largest absolute Gasteiger partial charge is 0.479 e. The van der Waals surface area contributed by atoms with E-state index in [0.717, 1.165) is 42.5 Å². The number of aryl methyl sites for hydroxylation is 2. The van der Waals surface area contributed by atoms with E-state index < -0.39 is 11.5 Å². The Morgan fingerprint density at radius 1 is 1.23 bits per heavy atom. The number of aliphatic carboxylic acids is 1. The fourth-order valence-corrected chi connectivity index (χ4v) is 3.97. The van der Waals surface area contributed by atoms with Gasteiger partial charge < -0.3 is 19.1 Å². The summed E-state index contributed by atoms with van der Waals surface area (Å²) in [5.41, 5.74) is 1.45. The number of fused-ring (bicyclic) bond motifs is 1. The second kappa shape index (κ2) is 6.32. The lowest BCUT2D eigenvalue weighted by Gasteiger charge is -2.40. The van der Waals surface area contributed by atoms with Crippen LogP contribution in [0.15, 0.2) is 24.5 Å². The average Bonchev–Trinajstić information content (AvgIpc) is 3.24. The zero-order valence-electron chi connectivity index (χ0n) is 15.1. The molecule has 0 bridgehead atoms. The van der Waals surface area contributed by atoms with Crippen LogP contribution >= 0.6 is 0 Å². The normalized spacial score (nSPS) is 18.8. The van der Waals surface area contributed by atoms with Crippen LogP contribution in [0.4, 0.5) is 0 Å². The van der Waals surface area contributed by atoms with Crippen molar-refractivity contribution in [3.05, 3.63) is 41.5 Å². The van der Waals surface area contributed by atoms with Crippen LogP contribution in [0.3, 0.4) is 0 Å². The number of carboxylic acid groups (broad SMARTS) is 1. The maximum absolute atomic E-state index is 12.1. The van der Waals surface area contributed by atoms with Crippen LogP contribution in [-0.4, -0.2) is 45.4 Å². The van der Waals surface area contributed by atoms with Crippen molar-refractivity contribution in [3.8, 4) is 11.5 Å². The lowest BCUT2D eigenvalue weighted by molar-refractivity contribution is -0.150. The summed E-state index contributed by atoms with van der Waals surface area (Å²) in [5, 5.41) is 9.91. The zero-order valence-corrected chi connectivity index (χ0v) is 15.1. The van der Waals surface area contributed by atoms with E-state index in [0.29, 0.717) is 12.8 Å². The molecule has 2 aromatic rings. The maximum atomic E-state index is 12.1. The van der Waals surface area contributed by atoms with Gasteiger partial charge in [0.05, 0.1) is 0 Å². The summed E-state index contributed by atoms with van der Waals surface area (Å²) >= 11 is 0. The topological polar surface area (TPSA) is 76.8 Å². The first kappa shape index (κ1) is 16.9. The van der Waals surface area contributed by atoms with Gasteiger partial charge in [-0.1, -0.05) is 0 Å². The van der Waals surface area contributed by atoms with Gasteiger partial charge in [0.25, 0.3) is 0 Å². The Labute approximate surface area is 152 Å². The molecule has 138 valence electrons. The van der Waals surface area contributed by atoms with Gasteiger partial charge in [0.2, 0.25) is 6.79 Å². The highest BCUT2D eigenvalue weighted by Gasteiger charge is 2.43. The van der Waals surface area contributed by atoms with E-state index >= 15 is 0 Å². The molecule has 1 N–H and O–H groups in total. The second-order valence-electron chi connectivity index (χ2n) is 7.09. The van der Waals surface area contributed by atoms with Crippen molar-refractivity contribution in [2.75, 3.05) is 19.9 Å². The molecule has 0 saturated carbocycles. The minimum Gasteiger partial charge on any atom is -0.479 e. The Kier molecular flexibility index (Phi) is 4.11. The van der Waals surface area contributed by atoms with E-state index in [1.807, 2.05) is 23.6 Å². The standard InChI is InChI=1S/C19H23N3O4/c1-13-9-16-17(26-12-25-16)10-15(13)11-21-6-3-19(4-7-21,18(23)24)22-8-5-20-14(22)2/h5,8-10H,3-4,6-7,11-12H2,1-2H3,(H,23,24). The number of hydrogen-bond donors (Lipinski definition) is 1. The molecule has 2 aliphatic heterocycles. The van der Waals surface area contributed by atoms with Gasteiger partial charge in [-0.25, -0.2) is 9.78 Å². The smallest absolute Gasteiger partial charge is 0.330 e. The summed E-state index contributed by atoms with van der Waals surface area (Å²) in [6.07, 6.45) is 4.57. The lowest BCUT2D eigenvalue weighted by atomic mass is 9.86. The number of hydrogen-bond acceptors (Lipinski definition) is 5. The Balaban J connectivity index is 1.50. The Bertz CT molecular complexity index is 837. The van der Waals surface area contributed by atoms with Crippen LogP contribution < -0.4 is 9.47 Å². The Morgan fingerprint density at radius 3 is 2.54 bits per heavy atom. The SMILES string of the molecule is Cc1cc2c(cc1CN1CCC(C(=O)O)(n3ccnc3C)CC1)OCO2. The molecule has 1 saturated heterocycles. The van der Waals surface area contributed by atoms with E-state index in [-0.39, 0.29) is 6.79 Å². The molecule has 0 radical (unpaired) electrons. The molecule has 7 heteroatoms. The number of likely N-dealkylation sites (tertiary alicyclic amines) is 1. The molecule has 0 unspecified atom stereocenters. The van der Waals surface area contributed by atoms with Crippen LogP contribution in [0.25, 0.3) is 0 Å². The molecule has 1 aromatic carbocycles. The van der Waals surface area contributed by atoms with Gasteiger partial charge in [-0.15, -0.1) is 0 Å². The fraction of sp³-hybridized carbons (Fsp3) is 0.474. The second-order valence-corrected chi connectivity index (χ2v) is 7.09. The van der Waals surface area contributed by atoms with Crippen molar-refractivity contribution >= 4 is 5.97 Å². The van der Waals surface area contributed by atoms with Crippen LogP contribution in [0.2, 0.25) is 0 Å². The number of rotatable bonds is 4. The Hall–Kier alpha value is -2.54. The monoisotopic (exact) mass is 357 g/mol. The first-order valence-electron chi connectivity index (χ1n) is 8.85. The predicted molar refractivity (Wildman–Crippen MR) is 94.4 cm³/mol. The van der Waals surface area contributed by atoms with Crippen LogP contribution in [-0.2, 0) is 16.9 Å². The van der Waals surface area contributed by atoms with Crippen molar-refractivity contribution in [2.45, 2.75) is 38.8 Å². The number of aromatic nitrogens is 2. The van der Waals surface area contributed by atoms with Gasteiger partial charge in [0.1, 0.15) is 11.4 Å². The van der Waals surface area contributed by atoms with Crippen molar-refractivity contribution in [2.24, 2.45) is 0 Å². The molecule has 4 rings (SSSR count). The number of nitrogens with zero attached hydrogens (tertiary/aromatic N) is 3. The van der Waals surface area contributed by atoms with E-state index in [1.165, 1.54) is 5.56 Å². The molecule has 0 aliphatic carbocycles. The Morgan fingerprint density at radius 2 is 1.92 bits per heavy atom. The third kappa shape index (κ3) is 2.72. The minimum absolute atomic E-state index is 0.271. The third-order valence-electron chi connectivity index (χ3n) is 5.59. The first-order chi connectivity index (χ1) is 12.5. The first-order valence-corrected chi connectivity index (χ1v) is 8.85. The van der Waals surface area contributed by atoms with Crippen molar-refractivity contribution < 1.29 is 19.4 Å². The van der Waals surface area contributed by atoms with Crippen molar-refractivity contribution in [1.29, 1.82) is 0 Å². The van der Waals surface area contributed by atoms with Crippen LogP contribution in [0.5, 0.6) is 11.5 Å². The highest BCUT2D eigenvalue weighted by Crippen LogP contribution is 2.36. The number of imidazole rings is 1. The molecular weight excluding hydrogens is 334 g/mol. The zero-order chi connectivity index (χ0) is 18.3. The molecule has 26 heavy (non-hydrogen) atoms. The highest BCUT2D eigenvalue weighted by atomic mass is 16.7. The number of ether oxygens (including phenoxy) is 2. The molecule has 3 heterocycles. The van der Waals surface area contributed by atoms with Crippen LogP contribution in [0, 0.1) is 13.8 Å². The number of carbonyl (C=O) groups is 1. The number of benzene rings is 1. The molecule has 0 amide bonds.